The summed E-state index contributed by atoms with van der Waals surface area (Å²) < 4.78 is 5.42. The zero-order valence-electron chi connectivity index (χ0n) is 8.97. The van der Waals surface area contributed by atoms with Crippen LogP contribution in [0.25, 0.3) is 0 Å². The Labute approximate surface area is 114 Å². The normalized spacial score (nSPS) is 12.1. The van der Waals surface area contributed by atoms with E-state index in [0.29, 0.717) is 16.5 Å². The summed E-state index contributed by atoms with van der Waals surface area (Å²) in [6.07, 6.45) is -0.283. The van der Waals surface area contributed by atoms with Crippen LogP contribution < -0.4 is 16.0 Å². The van der Waals surface area contributed by atoms with Gasteiger partial charge < -0.3 is 4.74 Å². The van der Waals surface area contributed by atoms with Crippen LogP contribution in [0.2, 0.25) is 15.1 Å². The number of nitrogens with one attached hydrogen (secondary N) is 1. The molecule has 17 heavy (non-hydrogen) atoms. The minimum absolute atomic E-state index is 0.280. The van der Waals surface area contributed by atoms with Gasteiger partial charge in [0.05, 0.1) is 15.1 Å². The Kier molecular flexibility index (Phi) is 5.33. The summed E-state index contributed by atoms with van der Waals surface area (Å²) in [5, 5.41) is 0.900. The zero-order valence-corrected chi connectivity index (χ0v) is 11.2. The molecule has 0 fully saturated rings. The number of carbonyl (C=O) groups excluding carboxylic acids is 1. The fourth-order valence-corrected chi connectivity index (χ4v) is 1.74. The maximum atomic E-state index is 11.3. The van der Waals surface area contributed by atoms with E-state index in [4.69, 9.17) is 45.4 Å². The van der Waals surface area contributed by atoms with Crippen molar-refractivity contribution in [1.29, 1.82) is 0 Å². The predicted octanol–water partition coefficient (Wildman–Crippen LogP) is 2.79. The van der Waals surface area contributed by atoms with E-state index in [-0.39, 0.29) is 10.8 Å². The largest absolute Gasteiger partial charge is 0.479 e. The molecule has 0 spiro atoms. The van der Waals surface area contributed by atoms with Crippen molar-refractivity contribution in [2.24, 2.45) is 5.84 Å². The number of halogens is 3. The maximum Gasteiger partial charge on any atom is 0.274 e. The van der Waals surface area contributed by atoms with Crippen LogP contribution in [0.3, 0.4) is 0 Å². The lowest BCUT2D eigenvalue weighted by atomic mass is 10.2. The molecule has 7 heteroatoms. The number of hydrogen-bond acceptors (Lipinski definition) is 3. The van der Waals surface area contributed by atoms with E-state index in [2.05, 4.69) is 0 Å². The van der Waals surface area contributed by atoms with E-state index in [1.807, 2.05) is 5.43 Å². The number of nitrogens with two attached hydrogens (primary N) is 1. The summed E-state index contributed by atoms with van der Waals surface area (Å²) >= 11 is 17.5. The number of ether oxygens (including phenoxy) is 1. The molecular weight excluding hydrogens is 286 g/mol. The molecule has 3 N–H and O–H groups in total. The van der Waals surface area contributed by atoms with Crippen molar-refractivity contribution in [3.05, 3.63) is 27.2 Å². The second-order valence-electron chi connectivity index (χ2n) is 3.22. The number of rotatable bonds is 4. The van der Waals surface area contributed by atoms with Crippen molar-refractivity contribution in [2.75, 3.05) is 0 Å². The first kappa shape index (κ1) is 14.4. The fourth-order valence-electron chi connectivity index (χ4n) is 1.16. The van der Waals surface area contributed by atoms with Gasteiger partial charge in [-0.1, -0.05) is 41.7 Å². The lowest BCUT2D eigenvalue weighted by molar-refractivity contribution is -0.128. The van der Waals surface area contributed by atoms with Crippen LogP contribution in [0.5, 0.6) is 5.75 Å². The molecule has 1 aromatic rings. The predicted molar refractivity (Wildman–Crippen MR) is 68.5 cm³/mol. The zero-order chi connectivity index (χ0) is 13.0. The van der Waals surface area contributed by atoms with E-state index in [9.17, 15) is 4.79 Å². The van der Waals surface area contributed by atoms with Gasteiger partial charge in [-0.15, -0.1) is 0 Å². The SMILES string of the molecule is CCC(Oc1cc(Cl)c(Cl)cc1Cl)C(=O)NN. The minimum Gasteiger partial charge on any atom is -0.479 e. The molecule has 1 amide bonds. The van der Waals surface area contributed by atoms with E-state index < -0.39 is 12.0 Å². The van der Waals surface area contributed by atoms with Crippen molar-refractivity contribution >= 4 is 40.7 Å². The first-order chi connectivity index (χ1) is 7.99. The van der Waals surface area contributed by atoms with Gasteiger partial charge in [0, 0.05) is 6.07 Å². The minimum atomic E-state index is -0.727. The molecule has 0 aliphatic rings. The molecule has 1 rings (SSSR count). The Bertz CT molecular complexity index is 426. The van der Waals surface area contributed by atoms with Gasteiger partial charge in [0.25, 0.3) is 5.91 Å². The molecule has 0 aliphatic carbocycles. The average Bonchev–Trinajstić information content (AvgIpc) is 2.31. The van der Waals surface area contributed by atoms with Crippen molar-refractivity contribution in [1.82, 2.24) is 5.43 Å². The van der Waals surface area contributed by atoms with Gasteiger partial charge in [-0.05, 0) is 12.5 Å². The third-order valence-corrected chi connectivity index (χ3v) is 3.07. The molecule has 1 atom stereocenters. The molecular formula is C10H11Cl3N2O2. The standard InChI is InChI=1S/C10H11Cl3N2O2/c1-2-8(10(16)15-14)17-9-4-6(12)5(11)3-7(9)13/h3-4,8H,2,14H2,1H3,(H,15,16). The van der Waals surface area contributed by atoms with Crippen LogP contribution in [0.4, 0.5) is 0 Å². The van der Waals surface area contributed by atoms with Crippen LogP contribution in [0.15, 0.2) is 12.1 Å². The van der Waals surface area contributed by atoms with Crippen molar-refractivity contribution in [3.63, 3.8) is 0 Å². The van der Waals surface area contributed by atoms with Gasteiger partial charge in [0.1, 0.15) is 5.75 Å². The van der Waals surface area contributed by atoms with Crippen LogP contribution in [-0.2, 0) is 4.79 Å². The Balaban J connectivity index is 2.94. The number of amides is 1. The quantitative estimate of drug-likeness (QED) is 0.389. The lowest BCUT2D eigenvalue weighted by Crippen LogP contribution is -2.41. The summed E-state index contributed by atoms with van der Waals surface area (Å²) in [6, 6.07) is 2.91. The highest BCUT2D eigenvalue weighted by Gasteiger charge is 2.19. The van der Waals surface area contributed by atoms with Crippen LogP contribution in [-0.4, -0.2) is 12.0 Å². The Morgan fingerprint density at radius 1 is 1.35 bits per heavy atom. The molecule has 0 bridgehead atoms. The third kappa shape index (κ3) is 3.64. The lowest BCUT2D eigenvalue weighted by Gasteiger charge is -2.17. The number of hydrogen-bond donors (Lipinski definition) is 2. The Morgan fingerprint density at radius 3 is 2.47 bits per heavy atom. The van der Waals surface area contributed by atoms with Gasteiger partial charge in [-0.2, -0.15) is 0 Å². The van der Waals surface area contributed by atoms with Gasteiger partial charge in [-0.25, -0.2) is 5.84 Å². The van der Waals surface area contributed by atoms with Crippen molar-refractivity contribution in [3.8, 4) is 5.75 Å². The average molecular weight is 298 g/mol. The van der Waals surface area contributed by atoms with Crippen LogP contribution >= 0.6 is 34.8 Å². The third-order valence-electron chi connectivity index (χ3n) is 2.05. The van der Waals surface area contributed by atoms with Crippen LogP contribution in [0, 0.1) is 0 Å². The monoisotopic (exact) mass is 296 g/mol. The van der Waals surface area contributed by atoms with Crippen molar-refractivity contribution in [2.45, 2.75) is 19.4 Å². The number of benzene rings is 1. The second kappa shape index (κ2) is 6.31. The molecule has 0 radical (unpaired) electrons. The summed E-state index contributed by atoms with van der Waals surface area (Å²) in [7, 11) is 0. The topological polar surface area (TPSA) is 64.3 Å². The summed E-state index contributed by atoms with van der Waals surface area (Å²) in [5.74, 6) is 4.89. The van der Waals surface area contributed by atoms with Gasteiger partial charge in [0.2, 0.25) is 0 Å². The Morgan fingerprint density at radius 2 is 1.94 bits per heavy atom. The Hall–Kier alpha value is -0.680. The van der Waals surface area contributed by atoms with E-state index >= 15 is 0 Å². The van der Waals surface area contributed by atoms with Gasteiger partial charge >= 0.3 is 0 Å². The molecule has 0 aromatic heterocycles. The highest BCUT2D eigenvalue weighted by molar-refractivity contribution is 6.43. The number of hydrazine groups is 1. The highest BCUT2D eigenvalue weighted by atomic mass is 35.5. The fraction of sp³-hybridized carbons (Fsp3) is 0.300. The summed E-state index contributed by atoms with van der Waals surface area (Å²) in [6.45, 7) is 1.78. The van der Waals surface area contributed by atoms with Crippen LogP contribution in [0.1, 0.15) is 13.3 Å². The highest BCUT2D eigenvalue weighted by Crippen LogP contribution is 2.34. The molecule has 4 nitrogen and oxygen atoms in total. The molecule has 0 aliphatic heterocycles. The van der Waals surface area contributed by atoms with E-state index in [1.165, 1.54) is 12.1 Å². The first-order valence-corrected chi connectivity index (χ1v) is 5.94. The molecule has 1 aromatic carbocycles. The smallest absolute Gasteiger partial charge is 0.274 e. The van der Waals surface area contributed by atoms with Gasteiger partial charge in [0.15, 0.2) is 6.10 Å². The molecule has 0 saturated heterocycles. The molecule has 0 saturated carbocycles. The summed E-state index contributed by atoms with van der Waals surface area (Å²) in [4.78, 5) is 11.3. The van der Waals surface area contributed by atoms with Crippen molar-refractivity contribution < 1.29 is 9.53 Å². The van der Waals surface area contributed by atoms with E-state index in [1.54, 1.807) is 6.92 Å². The van der Waals surface area contributed by atoms with Gasteiger partial charge in [-0.3, -0.25) is 10.2 Å². The maximum absolute atomic E-state index is 11.3. The second-order valence-corrected chi connectivity index (χ2v) is 4.44. The summed E-state index contributed by atoms with van der Waals surface area (Å²) in [5.41, 5.74) is 2.02. The molecule has 94 valence electrons. The van der Waals surface area contributed by atoms with E-state index in [0.717, 1.165) is 0 Å². The number of carbonyl (C=O) groups is 1. The molecule has 0 heterocycles. The first-order valence-electron chi connectivity index (χ1n) is 4.81. The molecule has 1 unspecified atom stereocenters.